The number of amides is 1. The summed E-state index contributed by atoms with van der Waals surface area (Å²) in [5.41, 5.74) is 0.703. The lowest BCUT2D eigenvalue weighted by molar-refractivity contribution is -0.150. The summed E-state index contributed by atoms with van der Waals surface area (Å²) in [5.74, 6) is -0.296. The number of allylic oxidation sites excluding steroid dienone is 1. The Morgan fingerprint density at radius 2 is 2.02 bits per heavy atom. The molecule has 0 spiro atoms. The third-order valence-electron chi connectivity index (χ3n) is 10.2. The number of aromatic nitrogens is 2. The van der Waals surface area contributed by atoms with E-state index in [-0.39, 0.29) is 18.4 Å². The standard InChI is InChI=1S/C38H48N4O6S/c1-6-9-10-11-16-42(4)36(44)30-20-27(19-29(30)33(43)41-38(21-25(38)7-2)37(45)47-8-3)48-34-28-15-14-26(46-5)17-24(28)18-31(39-34)35-40-32(22-49-35)23-12-13-23/h6-7,14-15,17-18,22-23,25,27,29-30,36,44H,1-2,8-13,16,19-21H2,3-5H3,(H,41,43)/t25-,27-,29-,30?,36?,38?/m1/s1. The first-order valence-electron chi connectivity index (χ1n) is 17.4. The molecule has 3 aromatic rings. The molecule has 11 heteroatoms. The van der Waals surface area contributed by atoms with Gasteiger partial charge in [-0.2, -0.15) is 0 Å². The monoisotopic (exact) mass is 688 g/mol. The summed E-state index contributed by atoms with van der Waals surface area (Å²) in [6.45, 7) is 10.3. The number of unbranched alkanes of at least 4 members (excludes halogenated alkanes) is 2. The fourth-order valence-corrected chi connectivity index (χ4v) is 7.95. The Labute approximate surface area is 292 Å². The van der Waals surface area contributed by atoms with Crippen LogP contribution in [-0.2, 0) is 14.3 Å². The number of rotatable bonds is 17. The Bertz CT molecular complexity index is 1690. The van der Waals surface area contributed by atoms with Crippen molar-refractivity contribution in [2.75, 3.05) is 27.3 Å². The number of carbonyl (C=O) groups excluding carboxylic acids is 2. The molecule has 1 aromatic carbocycles. The van der Waals surface area contributed by atoms with Crippen molar-refractivity contribution in [3.63, 3.8) is 0 Å². The van der Waals surface area contributed by atoms with Crippen molar-refractivity contribution in [1.29, 1.82) is 0 Å². The lowest BCUT2D eigenvalue weighted by Crippen LogP contribution is -2.50. The van der Waals surface area contributed by atoms with Crippen LogP contribution in [0, 0.1) is 17.8 Å². The number of aliphatic hydroxyl groups is 1. The average molecular weight is 689 g/mol. The van der Waals surface area contributed by atoms with Gasteiger partial charge in [0, 0.05) is 41.0 Å². The summed E-state index contributed by atoms with van der Waals surface area (Å²) in [6.07, 6.45) is 8.60. The van der Waals surface area contributed by atoms with Crippen LogP contribution < -0.4 is 14.8 Å². The molecule has 3 saturated carbocycles. The molecular formula is C38H48N4O6S. The van der Waals surface area contributed by atoms with E-state index in [0.717, 1.165) is 52.2 Å². The van der Waals surface area contributed by atoms with Gasteiger partial charge in [-0.15, -0.1) is 24.5 Å². The number of benzene rings is 1. The molecule has 0 bridgehead atoms. The number of hydrogen-bond acceptors (Lipinski definition) is 10. The van der Waals surface area contributed by atoms with Gasteiger partial charge < -0.3 is 24.6 Å². The number of aliphatic hydroxyl groups excluding tert-OH is 1. The highest BCUT2D eigenvalue weighted by Crippen LogP contribution is 2.47. The second-order valence-corrected chi connectivity index (χ2v) is 14.5. The van der Waals surface area contributed by atoms with E-state index in [0.29, 0.717) is 37.6 Å². The highest BCUT2D eigenvalue weighted by atomic mass is 32.1. The molecule has 2 N–H and O–H groups in total. The van der Waals surface area contributed by atoms with Gasteiger partial charge in [0.1, 0.15) is 34.3 Å². The zero-order valence-electron chi connectivity index (χ0n) is 28.7. The van der Waals surface area contributed by atoms with Gasteiger partial charge in [-0.3, -0.25) is 9.69 Å². The van der Waals surface area contributed by atoms with Crippen molar-refractivity contribution < 1.29 is 28.9 Å². The van der Waals surface area contributed by atoms with Crippen molar-refractivity contribution in [2.24, 2.45) is 17.8 Å². The number of methoxy groups -OCH3 is 1. The second kappa shape index (κ2) is 15.0. The maximum absolute atomic E-state index is 14.1. The first-order chi connectivity index (χ1) is 23.7. The summed E-state index contributed by atoms with van der Waals surface area (Å²) in [5, 5.41) is 19.4. The van der Waals surface area contributed by atoms with Crippen molar-refractivity contribution in [2.45, 2.75) is 82.1 Å². The van der Waals surface area contributed by atoms with Crippen LogP contribution in [0.15, 0.2) is 55.0 Å². The Morgan fingerprint density at radius 1 is 1.20 bits per heavy atom. The van der Waals surface area contributed by atoms with E-state index in [1.165, 1.54) is 12.8 Å². The number of thiazole rings is 1. The minimum absolute atomic E-state index is 0.207. The molecule has 3 fully saturated rings. The molecule has 0 aliphatic heterocycles. The topological polar surface area (TPSA) is 123 Å². The number of carbonyl (C=O) groups is 2. The number of pyridine rings is 1. The first kappa shape index (κ1) is 35.0. The maximum atomic E-state index is 14.1. The largest absolute Gasteiger partial charge is 0.497 e. The minimum Gasteiger partial charge on any atom is -0.497 e. The van der Waals surface area contributed by atoms with E-state index in [9.17, 15) is 14.7 Å². The summed E-state index contributed by atoms with van der Waals surface area (Å²) < 4.78 is 17.6. The fraction of sp³-hybridized carbons (Fsp3) is 0.526. The number of nitrogens with zero attached hydrogens (tertiary/aromatic N) is 3. The number of fused-ring (bicyclic) bond motifs is 1. The zero-order valence-corrected chi connectivity index (χ0v) is 29.5. The van der Waals surface area contributed by atoms with E-state index in [1.807, 2.05) is 42.3 Å². The third kappa shape index (κ3) is 7.54. The zero-order chi connectivity index (χ0) is 34.7. The van der Waals surface area contributed by atoms with E-state index >= 15 is 0 Å². The van der Waals surface area contributed by atoms with E-state index < -0.39 is 35.7 Å². The Kier molecular flexibility index (Phi) is 10.7. The van der Waals surface area contributed by atoms with E-state index in [1.54, 1.807) is 31.4 Å². The predicted molar refractivity (Wildman–Crippen MR) is 191 cm³/mol. The molecule has 3 unspecified atom stereocenters. The lowest BCUT2D eigenvalue weighted by atomic mass is 9.92. The molecule has 0 saturated heterocycles. The lowest BCUT2D eigenvalue weighted by Gasteiger charge is -2.32. The van der Waals surface area contributed by atoms with Gasteiger partial charge in [0.25, 0.3) is 0 Å². The summed E-state index contributed by atoms with van der Waals surface area (Å²) in [6, 6.07) is 7.79. The third-order valence-corrected chi connectivity index (χ3v) is 11.1. The van der Waals surface area contributed by atoms with Crippen molar-refractivity contribution in [3.05, 3.63) is 60.6 Å². The molecule has 1 amide bonds. The van der Waals surface area contributed by atoms with Gasteiger partial charge in [-0.1, -0.05) is 12.2 Å². The van der Waals surface area contributed by atoms with E-state index in [4.69, 9.17) is 24.2 Å². The second-order valence-electron chi connectivity index (χ2n) is 13.6. The van der Waals surface area contributed by atoms with Crippen LogP contribution in [0.4, 0.5) is 0 Å². The van der Waals surface area contributed by atoms with Crippen molar-refractivity contribution in [1.82, 2.24) is 20.2 Å². The number of hydrogen-bond donors (Lipinski definition) is 2. The van der Waals surface area contributed by atoms with Crippen molar-refractivity contribution in [3.8, 4) is 22.3 Å². The molecule has 6 atom stereocenters. The van der Waals surface area contributed by atoms with Crippen molar-refractivity contribution >= 4 is 34.0 Å². The first-order valence-corrected chi connectivity index (χ1v) is 18.3. The van der Waals surface area contributed by atoms with Crippen LogP contribution in [0.1, 0.15) is 69.9 Å². The summed E-state index contributed by atoms with van der Waals surface area (Å²) >= 11 is 1.58. The molecule has 3 aliphatic rings. The van der Waals surface area contributed by atoms with Crippen LogP contribution >= 0.6 is 11.3 Å². The quantitative estimate of drug-likeness (QED) is 0.0734. The van der Waals surface area contributed by atoms with E-state index in [2.05, 4.69) is 23.9 Å². The molecule has 262 valence electrons. The van der Waals surface area contributed by atoms with Crippen LogP contribution in [0.25, 0.3) is 21.5 Å². The molecule has 10 nitrogen and oxygen atoms in total. The van der Waals surface area contributed by atoms with Gasteiger partial charge in [0.05, 0.1) is 19.4 Å². The highest BCUT2D eigenvalue weighted by molar-refractivity contribution is 7.13. The molecule has 0 radical (unpaired) electrons. The smallest absolute Gasteiger partial charge is 0.332 e. The number of nitrogens with one attached hydrogen (secondary N) is 1. The highest BCUT2D eigenvalue weighted by Gasteiger charge is 2.62. The molecular weight excluding hydrogens is 641 g/mol. The molecule has 3 aliphatic carbocycles. The van der Waals surface area contributed by atoms with Gasteiger partial charge in [0.15, 0.2) is 0 Å². The molecule has 2 aromatic heterocycles. The van der Waals surface area contributed by atoms with Crippen LogP contribution in [0.5, 0.6) is 11.6 Å². The van der Waals surface area contributed by atoms with Crippen LogP contribution in [0.2, 0.25) is 0 Å². The molecule has 2 heterocycles. The van der Waals surface area contributed by atoms with Gasteiger partial charge in [0.2, 0.25) is 11.8 Å². The van der Waals surface area contributed by atoms with Gasteiger partial charge >= 0.3 is 5.97 Å². The average Bonchev–Trinajstić information content (AvgIpc) is 3.98. The minimum atomic E-state index is -1.13. The Balaban J connectivity index is 1.28. The number of esters is 1. The van der Waals surface area contributed by atoms with Crippen LogP contribution in [-0.4, -0.2) is 77.0 Å². The molecule has 49 heavy (non-hydrogen) atoms. The Hall–Kier alpha value is -3.80. The van der Waals surface area contributed by atoms with Gasteiger partial charge in [-0.25, -0.2) is 14.8 Å². The normalized spacial score (nSPS) is 25.2. The SMILES string of the molecule is C=CCCCCN(C)C(O)C1C[C@H](Oc2nc(-c3nc(C4CC4)cs3)cc3cc(OC)ccc23)C[C@H]1C(=O)NC1(C(=O)OCC)C[C@H]1C=C. The summed E-state index contributed by atoms with van der Waals surface area (Å²) in [7, 11) is 3.52. The fourth-order valence-electron chi connectivity index (χ4n) is 7.09. The Morgan fingerprint density at radius 3 is 2.71 bits per heavy atom. The maximum Gasteiger partial charge on any atom is 0.332 e. The number of ether oxygens (including phenoxy) is 3. The van der Waals surface area contributed by atoms with Gasteiger partial charge in [-0.05, 0) is 95.0 Å². The summed E-state index contributed by atoms with van der Waals surface area (Å²) in [4.78, 5) is 38.9. The molecule has 6 rings (SSSR count). The van der Waals surface area contributed by atoms with Crippen LogP contribution in [0.3, 0.4) is 0 Å². The predicted octanol–water partition coefficient (Wildman–Crippen LogP) is 6.25.